The number of aliphatic hydroxyl groups excluding tert-OH is 1. The molecular weight excluding hydrogens is 1340 g/mol. The van der Waals surface area contributed by atoms with Crippen LogP contribution in [0.4, 0.5) is 0 Å². The zero-order chi connectivity index (χ0) is 78.0. The van der Waals surface area contributed by atoms with Crippen LogP contribution in [0.2, 0.25) is 0 Å². The van der Waals surface area contributed by atoms with Gasteiger partial charge in [0, 0.05) is 51.9 Å². The molecule has 0 saturated carbocycles. The summed E-state index contributed by atoms with van der Waals surface area (Å²) < 4.78 is 23.4. The van der Waals surface area contributed by atoms with Crippen molar-refractivity contribution in [3.63, 3.8) is 0 Å². The molecule has 0 aromatic heterocycles. The van der Waals surface area contributed by atoms with Crippen LogP contribution in [0.25, 0.3) is 0 Å². The van der Waals surface area contributed by atoms with Gasteiger partial charge in [-0.3, -0.25) is 28.8 Å². The van der Waals surface area contributed by atoms with Crippen molar-refractivity contribution in [2.24, 2.45) is 0 Å². The van der Waals surface area contributed by atoms with Crippen LogP contribution < -0.4 is 10.6 Å². The van der Waals surface area contributed by atoms with Crippen LogP contribution in [0.5, 0.6) is 0 Å². The fraction of sp³-hybridized carbons (Fsp3) is 0.935. The second-order valence-electron chi connectivity index (χ2n) is 32.2. The number of aliphatic hydroxyl groups is 1. The summed E-state index contributed by atoms with van der Waals surface area (Å²) in [6, 6.07) is 0. The molecule has 0 aromatic rings. The van der Waals surface area contributed by atoms with Gasteiger partial charge in [0.25, 0.3) is 0 Å². The van der Waals surface area contributed by atoms with E-state index in [1.165, 1.54) is 218 Å². The van der Waals surface area contributed by atoms with Crippen LogP contribution in [0.3, 0.4) is 0 Å². The number of esters is 4. The zero-order valence-electron chi connectivity index (χ0n) is 71.6. The maximum atomic E-state index is 13.3. The molecule has 1 atom stereocenters. The second kappa shape index (κ2) is 83.6. The Labute approximate surface area is 661 Å². The minimum absolute atomic E-state index is 0.0411. The Morgan fingerprint density at radius 1 is 0.271 bits per heavy atom. The Morgan fingerprint density at radius 2 is 0.505 bits per heavy atom. The van der Waals surface area contributed by atoms with Gasteiger partial charge >= 0.3 is 23.9 Å². The topological polar surface area (TPSA) is 190 Å². The first-order valence-corrected chi connectivity index (χ1v) is 46.8. The van der Waals surface area contributed by atoms with Crippen LogP contribution in [0, 0.1) is 0 Å². The number of nitrogens with one attached hydrogen (secondary N) is 2. The molecule has 632 valence electrons. The lowest BCUT2D eigenvalue weighted by molar-refractivity contribution is -0.151. The summed E-state index contributed by atoms with van der Waals surface area (Å²) in [6.45, 7) is 19.8. The molecule has 15 nitrogen and oxygen atoms in total. The van der Waals surface area contributed by atoms with Crippen molar-refractivity contribution in [3.8, 4) is 0 Å². The van der Waals surface area contributed by atoms with Crippen LogP contribution in [-0.2, 0) is 47.7 Å². The number of hydrogen-bond acceptors (Lipinski definition) is 13. The van der Waals surface area contributed by atoms with Crippen LogP contribution >= 0.6 is 0 Å². The molecule has 0 aliphatic rings. The van der Waals surface area contributed by atoms with E-state index in [4.69, 9.17) is 18.9 Å². The maximum Gasteiger partial charge on any atom is 0.306 e. The summed E-state index contributed by atoms with van der Waals surface area (Å²) in [5.74, 6) is -1.24. The van der Waals surface area contributed by atoms with E-state index < -0.39 is 12.0 Å². The van der Waals surface area contributed by atoms with Crippen molar-refractivity contribution >= 4 is 35.7 Å². The van der Waals surface area contributed by atoms with Gasteiger partial charge in [-0.25, -0.2) is 0 Å². The summed E-state index contributed by atoms with van der Waals surface area (Å²) in [5, 5.41) is 16.9. The largest absolute Gasteiger partial charge is 0.466 e. The van der Waals surface area contributed by atoms with Gasteiger partial charge in [-0.05, 0) is 142 Å². The number of unbranched alkanes of at least 4 members (excludes halogenated alkanes) is 48. The SMILES string of the molecule is CCCCCCCCCCCOC(=O)CCCCCN(CCCCCCCC(=O)OC(CCCCCCCC)CCCCCCCC)CCNC(=O)CC(O)C(=O)NCCN(CCCCCCCC(=O)OC(CCCCCCCC)CCCCCCCC)CCCCCC(=O)OCCCCCCCCCCC. The first-order valence-electron chi connectivity index (χ1n) is 46.8. The Kier molecular flexibility index (Phi) is 81.1. The van der Waals surface area contributed by atoms with Gasteiger partial charge in [0.15, 0.2) is 0 Å². The highest BCUT2D eigenvalue weighted by Crippen LogP contribution is 2.22. The average Bonchev–Trinajstić information content (AvgIpc) is 0.992. The first kappa shape index (κ1) is 104. The molecule has 0 bridgehead atoms. The van der Waals surface area contributed by atoms with Crippen molar-refractivity contribution < 1.29 is 52.8 Å². The van der Waals surface area contributed by atoms with E-state index in [0.717, 1.165) is 206 Å². The molecule has 107 heavy (non-hydrogen) atoms. The molecule has 0 aliphatic carbocycles. The summed E-state index contributed by atoms with van der Waals surface area (Å²) in [5.41, 5.74) is 0. The molecule has 15 heteroatoms. The summed E-state index contributed by atoms with van der Waals surface area (Å²) in [6.07, 6.45) is 70.8. The highest BCUT2D eigenvalue weighted by molar-refractivity contribution is 5.87. The highest BCUT2D eigenvalue weighted by Gasteiger charge is 2.21. The van der Waals surface area contributed by atoms with Crippen molar-refractivity contribution in [3.05, 3.63) is 0 Å². The van der Waals surface area contributed by atoms with Crippen LogP contribution in [0.15, 0.2) is 0 Å². The molecule has 0 rings (SSSR count). The number of ether oxygens (including phenoxy) is 4. The number of hydrogen-bond donors (Lipinski definition) is 3. The Morgan fingerprint density at radius 3 is 0.804 bits per heavy atom. The second-order valence-corrected chi connectivity index (χ2v) is 32.2. The molecule has 0 aromatic carbocycles. The fourth-order valence-corrected chi connectivity index (χ4v) is 14.6. The molecule has 0 radical (unpaired) electrons. The Bertz CT molecular complexity index is 1910. The number of amides is 2. The van der Waals surface area contributed by atoms with Crippen LogP contribution in [-0.4, -0.2) is 134 Å². The van der Waals surface area contributed by atoms with Crippen molar-refractivity contribution in [2.45, 2.75) is 490 Å². The first-order chi connectivity index (χ1) is 52.4. The molecule has 0 fully saturated rings. The van der Waals surface area contributed by atoms with E-state index in [9.17, 15) is 33.9 Å². The van der Waals surface area contributed by atoms with E-state index in [0.29, 0.717) is 65.1 Å². The Balaban J connectivity index is 5.46. The molecule has 2 amide bonds. The van der Waals surface area contributed by atoms with E-state index in [1.54, 1.807) is 0 Å². The van der Waals surface area contributed by atoms with Gasteiger partial charge in [0.2, 0.25) is 11.8 Å². The lowest BCUT2D eigenvalue weighted by Gasteiger charge is -2.23. The maximum absolute atomic E-state index is 13.3. The monoisotopic (exact) mass is 1520 g/mol. The van der Waals surface area contributed by atoms with Crippen LogP contribution in [0.1, 0.15) is 472 Å². The van der Waals surface area contributed by atoms with Gasteiger partial charge in [0.1, 0.15) is 18.3 Å². The van der Waals surface area contributed by atoms with Gasteiger partial charge in [-0.15, -0.1) is 0 Å². The van der Waals surface area contributed by atoms with Crippen molar-refractivity contribution in [1.29, 1.82) is 0 Å². The zero-order valence-corrected chi connectivity index (χ0v) is 71.6. The lowest BCUT2D eigenvalue weighted by Crippen LogP contribution is -2.43. The Hall–Kier alpha value is -3.30. The predicted molar refractivity (Wildman–Crippen MR) is 450 cm³/mol. The molecule has 1 unspecified atom stereocenters. The van der Waals surface area contributed by atoms with E-state index in [1.807, 2.05) is 0 Å². The number of rotatable bonds is 87. The predicted octanol–water partition coefficient (Wildman–Crippen LogP) is 24.3. The minimum atomic E-state index is -1.47. The quantitative estimate of drug-likeness (QED) is 0.0296. The third kappa shape index (κ3) is 76.5. The number of carbonyl (C=O) groups is 6. The average molecular weight is 1520 g/mol. The number of carbonyl (C=O) groups excluding carboxylic acids is 6. The fourth-order valence-electron chi connectivity index (χ4n) is 14.6. The lowest BCUT2D eigenvalue weighted by atomic mass is 10.0. The van der Waals surface area contributed by atoms with E-state index in [2.05, 4.69) is 62.0 Å². The van der Waals surface area contributed by atoms with E-state index >= 15 is 0 Å². The molecular formula is C92H178N4O11. The molecule has 0 spiro atoms. The van der Waals surface area contributed by atoms with E-state index in [-0.39, 0.29) is 48.4 Å². The molecule has 0 heterocycles. The van der Waals surface area contributed by atoms with Gasteiger partial charge in [-0.2, -0.15) is 0 Å². The minimum Gasteiger partial charge on any atom is -0.466 e. The highest BCUT2D eigenvalue weighted by atomic mass is 16.6. The van der Waals surface area contributed by atoms with Gasteiger partial charge in [-0.1, -0.05) is 324 Å². The van der Waals surface area contributed by atoms with Gasteiger partial charge in [0.05, 0.1) is 19.6 Å². The smallest absolute Gasteiger partial charge is 0.306 e. The van der Waals surface area contributed by atoms with Gasteiger partial charge < -0.3 is 44.5 Å². The summed E-state index contributed by atoms with van der Waals surface area (Å²) >= 11 is 0. The van der Waals surface area contributed by atoms with Crippen molar-refractivity contribution in [1.82, 2.24) is 20.4 Å². The third-order valence-corrected chi connectivity index (χ3v) is 21.7. The number of nitrogens with zero attached hydrogens (tertiary/aromatic N) is 2. The van der Waals surface area contributed by atoms with Crippen molar-refractivity contribution in [2.75, 3.05) is 65.6 Å². The summed E-state index contributed by atoms with van der Waals surface area (Å²) in [7, 11) is 0. The normalized spacial score (nSPS) is 11.9. The molecule has 3 N–H and O–H groups in total. The molecule has 0 saturated heterocycles. The summed E-state index contributed by atoms with van der Waals surface area (Å²) in [4.78, 5) is 82.8. The third-order valence-electron chi connectivity index (χ3n) is 21.7. The standard InChI is InChI=1S/C92H178N4O11/c1-7-13-19-25-31-33-35-47-63-81-104-88(99)69-57-49-61-77-95(75-59-45-37-43-55-71-90(101)106-84(65-51-39-27-21-15-9-3)66-52-40-28-22-16-10-4)79-73-93-87(98)83-86(97)92(103)94-74-80-96(78-62-50-58-70-89(100)105-82-64-48-36-34-32-26-20-14-8-2)76-60-46-38-44-56-72-91(102)107-85(67-53-41-29-23-17-11-5)68-54-42-30-24-18-12-6/h84-86,97H,7-83H2,1-6H3,(H,93,98)(H,94,103). The molecule has 0 aliphatic heterocycles.